The smallest absolute Gasteiger partial charge is 0.0931 e. The second-order valence-corrected chi connectivity index (χ2v) is 5.63. The minimum atomic E-state index is 0.326. The average molecular weight is 281 g/mol. The summed E-state index contributed by atoms with van der Waals surface area (Å²) in [4.78, 5) is 1.25. The van der Waals surface area contributed by atoms with Gasteiger partial charge in [-0.3, -0.25) is 0 Å². The van der Waals surface area contributed by atoms with E-state index in [1.807, 2.05) is 12.1 Å². The highest BCUT2D eigenvalue weighted by atomic mass is 79.9. The van der Waals surface area contributed by atoms with E-state index in [0.29, 0.717) is 6.04 Å². The van der Waals surface area contributed by atoms with Gasteiger partial charge < -0.3 is 5.32 Å². The lowest BCUT2D eigenvalue weighted by Gasteiger charge is -2.10. The van der Waals surface area contributed by atoms with Gasteiger partial charge >= 0.3 is 0 Å². The van der Waals surface area contributed by atoms with E-state index in [4.69, 9.17) is 11.6 Å². The van der Waals surface area contributed by atoms with Gasteiger partial charge in [0, 0.05) is 21.9 Å². The Bertz CT molecular complexity index is 298. The minimum absolute atomic E-state index is 0.326. The molecule has 0 fully saturated rings. The van der Waals surface area contributed by atoms with Gasteiger partial charge in [-0.1, -0.05) is 34.1 Å². The minimum Gasteiger partial charge on any atom is -0.305 e. The Kier molecular flexibility index (Phi) is 4.46. The predicted octanol–water partition coefficient (Wildman–Crippen LogP) is 3.96. The van der Waals surface area contributed by atoms with Crippen LogP contribution in [0, 0.1) is 0 Å². The molecule has 1 aromatic heterocycles. The molecule has 0 bridgehead atoms. The second-order valence-electron chi connectivity index (χ2n) is 2.76. The molecular weight excluding hydrogens is 270 g/mol. The van der Waals surface area contributed by atoms with E-state index in [0.717, 1.165) is 15.4 Å². The largest absolute Gasteiger partial charge is 0.305 e. The molecule has 4 heteroatoms. The lowest BCUT2D eigenvalue weighted by molar-refractivity contribution is 0.626. The molecular formula is C9H11BrClNS. The van der Waals surface area contributed by atoms with Crippen LogP contribution in [0.25, 0.3) is 0 Å². The summed E-state index contributed by atoms with van der Waals surface area (Å²) >= 11 is 10.7. The summed E-state index contributed by atoms with van der Waals surface area (Å²) in [5.41, 5.74) is 0. The monoisotopic (exact) mass is 279 g/mol. The number of nitrogens with one attached hydrogen (secondary N) is 1. The van der Waals surface area contributed by atoms with Crippen LogP contribution < -0.4 is 5.32 Å². The molecule has 0 saturated carbocycles. The highest BCUT2D eigenvalue weighted by Gasteiger charge is 2.06. The molecule has 1 atom stereocenters. The highest BCUT2D eigenvalue weighted by molar-refractivity contribution is 9.11. The van der Waals surface area contributed by atoms with Gasteiger partial charge in [0.15, 0.2) is 0 Å². The molecule has 72 valence electrons. The van der Waals surface area contributed by atoms with Crippen LogP contribution >= 0.6 is 38.9 Å². The van der Waals surface area contributed by atoms with Crippen molar-refractivity contribution in [2.24, 2.45) is 0 Å². The summed E-state index contributed by atoms with van der Waals surface area (Å²) in [6, 6.07) is 4.29. The summed E-state index contributed by atoms with van der Waals surface area (Å²) in [5, 5.41) is 3.32. The summed E-state index contributed by atoms with van der Waals surface area (Å²) in [6.45, 7) is 6.64. The van der Waals surface area contributed by atoms with Crippen LogP contribution in [0.4, 0.5) is 0 Å². The molecule has 0 radical (unpaired) electrons. The topological polar surface area (TPSA) is 12.0 Å². The molecule has 1 aromatic rings. The number of halogens is 2. The summed E-state index contributed by atoms with van der Waals surface area (Å²) in [6.07, 6.45) is 0. The summed E-state index contributed by atoms with van der Waals surface area (Å²) in [5.74, 6) is 0. The summed E-state index contributed by atoms with van der Waals surface area (Å²) in [7, 11) is 0. The van der Waals surface area contributed by atoms with Gasteiger partial charge in [0.25, 0.3) is 0 Å². The Labute approximate surface area is 95.9 Å². The van der Waals surface area contributed by atoms with E-state index >= 15 is 0 Å². The average Bonchev–Trinajstić information content (AvgIpc) is 2.47. The molecule has 1 nitrogen and oxygen atoms in total. The molecule has 1 heterocycles. The first kappa shape index (κ1) is 11.2. The van der Waals surface area contributed by atoms with E-state index in [2.05, 4.69) is 34.7 Å². The number of rotatable bonds is 4. The molecule has 0 saturated heterocycles. The van der Waals surface area contributed by atoms with Crippen LogP contribution in [0.1, 0.15) is 17.8 Å². The van der Waals surface area contributed by atoms with Crippen LogP contribution in [-0.2, 0) is 0 Å². The van der Waals surface area contributed by atoms with Gasteiger partial charge in [0.05, 0.1) is 4.34 Å². The van der Waals surface area contributed by atoms with Gasteiger partial charge in [0.2, 0.25) is 0 Å². The Morgan fingerprint density at radius 3 is 2.92 bits per heavy atom. The molecule has 1 unspecified atom stereocenters. The van der Waals surface area contributed by atoms with Crippen molar-refractivity contribution in [1.82, 2.24) is 5.32 Å². The fraction of sp³-hybridized carbons (Fsp3) is 0.333. The first-order chi connectivity index (χ1) is 6.09. The van der Waals surface area contributed by atoms with Gasteiger partial charge in [-0.2, -0.15) is 0 Å². The third-order valence-electron chi connectivity index (χ3n) is 1.62. The lowest BCUT2D eigenvalue weighted by Crippen LogP contribution is -2.18. The molecule has 0 aliphatic rings. The van der Waals surface area contributed by atoms with E-state index in [1.165, 1.54) is 4.88 Å². The number of hydrogen-bond donors (Lipinski definition) is 1. The first-order valence-electron chi connectivity index (χ1n) is 3.91. The van der Waals surface area contributed by atoms with Crippen molar-refractivity contribution in [2.45, 2.75) is 13.0 Å². The standard InChI is InChI=1S/C9H11BrClNS/c1-6(10)5-12-7(2)8-3-4-9(11)13-8/h3-4,7,12H,1,5H2,2H3. The van der Waals surface area contributed by atoms with Gasteiger partial charge in [-0.15, -0.1) is 11.3 Å². The van der Waals surface area contributed by atoms with E-state index in [1.54, 1.807) is 11.3 Å². The molecule has 0 aliphatic carbocycles. The first-order valence-corrected chi connectivity index (χ1v) is 5.90. The summed E-state index contributed by atoms with van der Waals surface area (Å²) < 4.78 is 1.79. The van der Waals surface area contributed by atoms with E-state index < -0.39 is 0 Å². The van der Waals surface area contributed by atoms with Crippen LogP contribution in [0.15, 0.2) is 23.2 Å². The quantitative estimate of drug-likeness (QED) is 0.880. The third-order valence-corrected chi connectivity index (χ3v) is 3.32. The van der Waals surface area contributed by atoms with Gasteiger partial charge in [-0.25, -0.2) is 0 Å². The molecule has 1 N–H and O–H groups in total. The molecule has 1 rings (SSSR count). The van der Waals surface area contributed by atoms with Crippen LogP contribution in [0.3, 0.4) is 0 Å². The maximum atomic E-state index is 5.83. The number of thiophene rings is 1. The van der Waals surface area contributed by atoms with E-state index in [-0.39, 0.29) is 0 Å². The van der Waals surface area contributed by atoms with Crippen molar-refractivity contribution in [2.75, 3.05) is 6.54 Å². The maximum Gasteiger partial charge on any atom is 0.0931 e. The van der Waals surface area contributed by atoms with Gasteiger partial charge in [0.1, 0.15) is 0 Å². The predicted molar refractivity (Wildman–Crippen MR) is 63.8 cm³/mol. The Hall–Kier alpha value is 0.170. The molecule has 0 aliphatic heterocycles. The van der Waals surface area contributed by atoms with Crippen molar-refractivity contribution >= 4 is 38.9 Å². The second kappa shape index (κ2) is 5.15. The Morgan fingerprint density at radius 1 is 1.77 bits per heavy atom. The van der Waals surface area contributed by atoms with Crippen LogP contribution in [-0.4, -0.2) is 6.54 Å². The Balaban J connectivity index is 2.48. The molecule has 0 spiro atoms. The molecule has 0 amide bonds. The van der Waals surface area contributed by atoms with Gasteiger partial charge in [-0.05, 0) is 19.1 Å². The number of hydrogen-bond acceptors (Lipinski definition) is 2. The molecule has 0 aromatic carbocycles. The third kappa shape index (κ3) is 3.81. The van der Waals surface area contributed by atoms with Crippen LogP contribution in [0.5, 0.6) is 0 Å². The van der Waals surface area contributed by atoms with Crippen LogP contribution in [0.2, 0.25) is 4.34 Å². The zero-order valence-corrected chi connectivity index (χ0v) is 10.5. The SMILES string of the molecule is C=C(Br)CNC(C)c1ccc(Cl)s1. The van der Waals surface area contributed by atoms with Crippen molar-refractivity contribution in [3.05, 3.63) is 32.4 Å². The van der Waals surface area contributed by atoms with Crippen molar-refractivity contribution in [3.63, 3.8) is 0 Å². The normalized spacial score (nSPS) is 12.8. The van der Waals surface area contributed by atoms with Crippen molar-refractivity contribution < 1.29 is 0 Å². The zero-order chi connectivity index (χ0) is 9.84. The fourth-order valence-electron chi connectivity index (χ4n) is 0.925. The van der Waals surface area contributed by atoms with Crippen molar-refractivity contribution in [1.29, 1.82) is 0 Å². The van der Waals surface area contributed by atoms with E-state index in [9.17, 15) is 0 Å². The fourth-order valence-corrected chi connectivity index (χ4v) is 2.18. The highest BCUT2D eigenvalue weighted by Crippen LogP contribution is 2.26. The maximum absolute atomic E-state index is 5.83. The zero-order valence-electron chi connectivity index (χ0n) is 7.31. The molecule has 13 heavy (non-hydrogen) atoms. The Morgan fingerprint density at radius 2 is 2.46 bits per heavy atom. The lowest BCUT2D eigenvalue weighted by atomic mass is 10.3. The van der Waals surface area contributed by atoms with Crippen molar-refractivity contribution in [3.8, 4) is 0 Å².